The lowest BCUT2D eigenvalue weighted by Crippen LogP contribution is -2.22. The standard InChI is InChI=1S/C23H18F2N6O/c1-3-21(17-8-18(24)10-19(25)9-17)28-23-14(2)29-30-31(23)13-15-5-4-6-16(7-15)22-26-11-20(32)12-27-22/h3-12,32H,2,13H2,1H3/b21-3-,28-23+. The van der Waals surface area contributed by atoms with Crippen LogP contribution in [0.15, 0.2) is 88.5 Å². The molecule has 0 spiro atoms. The zero-order chi connectivity index (χ0) is 22.7. The van der Waals surface area contributed by atoms with Crippen molar-refractivity contribution in [3.63, 3.8) is 0 Å². The maximum Gasteiger partial charge on any atom is 0.178 e. The Balaban J connectivity index is 1.61. The van der Waals surface area contributed by atoms with Crippen molar-refractivity contribution in [1.82, 2.24) is 15.0 Å². The van der Waals surface area contributed by atoms with Crippen LogP contribution < -0.4 is 0 Å². The van der Waals surface area contributed by atoms with Crippen LogP contribution in [0.25, 0.3) is 17.1 Å². The number of hydrogen-bond acceptors (Lipinski definition) is 6. The number of halogens is 2. The van der Waals surface area contributed by atoms with Crippen LogP contribution in [0.5, 0.6) is 5.75 Å². The van der Waals surface area contributed by atoms with E-state index in [1.807, 2.05) is 24.3 Å². The molecule has 0 radical (unpaired) electrons. The zero-order valence-corrected chi connectivity index (χ0v) is 17.1. The van der Waals surface area contributed by atoms with Crippen LogP contribution >= 0.6 is 0 Å². The Bertz CT molecular complexity index is 1250. The topological polar surface area (TPSA) is 86.3 Å². The van der Waals surface area contributed by atoms with Crippen molar-refractivity contribution >= 4 is 11.5 Å². The molecule has 4 rings (SSSR count). The van der Waals surface area contributed by atoms with Crippen LogP contribution in [0.2, 0.25) is 0 Å². The van der Waals surface area contributed by atoms with Crippen molar-refractivity contribution in [1.29, 1.82) is 0 Å². The monoisotopic (exact) mass is 432 g/mol. The maximum absolute atomic E-state index is 13.7. The molecular weight excluding hydrogens is 414 g/mol. The van der Waals surface area contributed by atoms with E-state index in [0.717, 1.165) is 17.2 Å². The van der Waals surface area contributed by atoms with Crippen molar-refractivity contribution in [3.8, 4) is 17.1 Å². The molecule has 0 amide bonds. The van der Waals surface area contributed by atoms with Crippen molar-refractivity contribution < 1.29 is 13.9 Å². The second kappa shape index (κ2) is 8.84. The van der Waals surface area contributed by atoms with Gasteiger partial charge in [-0.1, -0.05) is 36.1 Å². The molecule has 1 aromatic heterocycles. The molecule has 0 fully saturated rings. The molecule has 1 aliphatic heterocycles. The summed E-state index contributed by atoms with van der Waals surface area (Å²) in [5.74, 6) is -0.558. The molecule has 0 atom stereocenters. The van der Waals surface area contributed by atoms with Gasteiger partial charge in [0.25, 0.3) is 0 Å². The molecule has 2 heterocycles. The summed E-state index contributed by atoms with van der Waals surface area (Å²) in [5, 5.41) is 19.0. The summed E-state index contributed by atoms with van der Waals surface area (Å²) in [6.45, 7) is 5.91. The molecule has 160 valence electrons. The summed E-state index contributed by atoms with van der Waals surface area (Å²) in [6.07, 6.45) is 4.30. The molecule has 7 nitrogen and oxygen atoms in total. The maximum atomic E-state index is 13.7. The fraction of sp³-hybridized carbons (Fsp3) is 0.0870. The number of aliphatic imine (C=N–C) groups is 1. The molecule has 32 heavy (non-hydrogen) atoms. The first-order valence-corrected chi connectivity index (χ1v) is 9.63. The minimum absolute atomic E-state index is 0.0142. The van der Waals surface area contributed by atoms with Crippen LogP contribution in [0.1, 0.15) is 18.1 Å². The van der Waals surface area contributed by atoms with Gasteiger partial charge in [0.2, 0.25) is 0 Å². The Labute approximate surface area is 182 Å². The molecule has 0 bridgehead atoms. The van der Waals surface area contributed by atoms with Crippen LogP contribution in [-0.2, 0) is 6.54 Å². The fourth-order valence-corrected chi connectivity index (χ4v) is 3.14. The van der Waals surface area contributed by atoms with E-state index in [1.54, 1.807) is 18.0 Å². The first kappa shape index (κ1) is 21.0. The first-order valence-electron chi connectivity index (χ1n) is 9.63. The number of rotatable bonds is 5. The fourth-order valence-electron chi connectivity index (χ4n) is 3.14. The van der Waals surface area contributed by atoms with Crippen LogP contribution in [0.3, 0.4) is 0 Å². The average molecular weight is 432 g/mol. The quantitative estimate of drug-likeness (QED) is 0.594. The van der Waals surface area contributed by atoms with E-state index in [9.17, 15) is 13.9 Å². The van der Waals surface area contributed by atoms with Gasteiger partial charge in [0.05, 0.1) is 24.6 Å². The van der Waals surface area contributed by atoms with Crippen LogP contribution in [0, 0.1) is 11.6 Å². The van der Waals surface area contributed by atoms with Crippen LogP contribution in [0.4, 0.5) is 8.78 Å². The third-order valence-electron chi connectivity index (χ3n) is 4.59. The largest absolute Gasteiger partial charge is 0.505 e. The minimum atomic E-state index is -0.690. The van der Waals surface area contributed by atoms with Crippen molar-refractivity contribution in [3.05, 3.63) is 96.0 Å². The molecule has 2 aromatic carbocycles. The number of aromatic hydroxyl groups is 1. The van der Waals surface area contributed by atoms with Gasteiger partial charge in [-0.2, -0.15) is 0 Å². The molecule has 0 aliphatic carbocycles. The van der Waals surface area contributed by atoms with Gasteiger partial charge >= 0.3 is 0 Å². The molecule has 9 heteroatoms. The van der Waals surface area contributed by atoms with E-state index >= 15 is 0 Å². The summed E-state index contributed by atoms with van der Waals surface area (Å²) in [5.41, 5.74) is 2.63. The third-order valence-corrected chi connectivity index (χ3v) is 4.59. The van der Waals surface area contributed by atoms with Gasteiger partial charge in [-0.25, -0.2) is 28.8 Å². The van der Waals surface area contributed by atoms with Crippen molar-refractivity contribution in [2.24, 2.45) is 15.3 Å². The second-order valence-corrected chi connectivity index (χ2v) is 6.93. The van der Waals surface area contributed by atoms with Gasteiger partial charge in [0.1, 0.15) is 17.3 Å². The number of aromatic nitrogens is 2. The Morgan fingerprint density at radius 1 is 1.12 bits per heavy atom. The van der Waals surface area contributed by atoms with Gasteiger partial charge in [0, 0.05) is 17.2 Å². The van der Waals surface area contributed by atoms with E-state index in [0.29, 0.717) is 35.2 Å². The van der Waals surface area contributed by atoms with Gasteiger partial charge in [-0.15, -0.1) is 5.11 Å². The Kier molecular flexibility index (Phi) is 5.80. The minimum Gasteiger partial charge on any atom is -0.505 e. The summed E-state index contributed by atoms with van der Waals surface area (Å²) < 4.78 is 27.3. The number of nitrogens with zero attached hydrogens (tertiary/aromatic N) is 6. The highest BCUT2D eigenvalue weighted by Crippen LogP contribution is 2.25. The lowest BCUT2D eigenvalue weighted by molar-refractivity contribution is 0.433. The lowest BCUT2D eigenvalue weighted by Gasteiger charge is -2.15. The van der Waals surface area contributed by atoms with E-state index in [4.69, 9.17) is 0 Å². The summed E-state index contributed by atoms with van der Waals surface area (Å²) >= 11 is 0. The van der Waals surface area contributed by atoms with Gasteiger partial charge < -0.3 is 5.11 Å². The Morgan fingerprint density at radius 2 is 1.84 bits per heavy atom. The molecule has 0 saturated carbocycles. The predicted molar refractivity (Wildman–Crippen MR) is 116 cm³/mol. The number of hydrogen-bond donors (Lipinski definition) is 1. The first-order chi connectivity index (χ1) is 15.4. The zero-order valence-electron chi connectivity index (χ0n) is 17.1. The SMILES string of the molecule is C=C1N=NN(Cc2cccc(-c3ncc(O)cn3)c2)/C1=N/C(=C\C)c1cc(F)cc(F)c1. The lowest BCUT2D eigenvalue weighted by atomic mass is 10.1. The molecule has 0 unspecified atom stereocenters. The molecule has 1 aliphatic rings. The summed E-state index contributed by atoms with van der Waals surface area (Å²) in [7, 11) is 0. The smallest absolute Gasteiger partial charge is 0.178 e. The number of allylic oxidation sites excluding steroid dienone is 1. The third kappa shape index (κ3) is 4.56. The van der Waals surface area contributed by atoms with Crippen molar-refractivity contribution in [2.45, 2.75) is 13.5 Å². The van der Waals surface area contributed by atoms with Gasteiger partial charge in [-0.3, -0.25) is 0 Å². The summed E-state index contributed by atoms with van der Waals surface area (Å²) in [6, 6.07) is 10.7. The summed E-state index contributed by atoms with van der Waals surface area (Å²) in [4.78, 5) is 12.8. The molecule has 3 aromatic rings. The van der Waals surface area contributed by atoms with E-state index in [2.05, 4.69) is 31.9 Å². The second-order valence-electron chi connectivity index (χ2n) is 6.93. The highest BCUT2D eigenvalue weighted by molar-refractivity contribution is 6.01. The predicted octanol–water partition coefficient (Wildman–Crippen LogP) is 5.28. The molecular formula is C23H18F2N6O. The highest BCUT2D eigenvalue weighted by atomic mass is 19.1. The molecule has 0 saturated heterocycles. The average Bonchev–Trinajstić information content (AvgIpc) is 3.11. The molecule has 1 N–H and O–H groups in total. The number of benzene rings is 2. The van der Waals surface area contributed by atoms with Crippen LogP contribution in [-0.4, -0.2) is 25.9 Å². The highest BCUT2D eigenvalue weighted by Gasteiger charge is 2.22. The van der Waals surface area contributed by atoms with E-state index in [-0.39, 0.29) is 5.75 Å². The van der Waals surface area contributed by atoms with Gasteiger partial charge in [-0.05, 0) is 30.7 Å². The number of amidine groups is 1. The normalized spacial score (nSPS) is 15.1. The van der Waals surface area contributed by atoms with Gasteiger partial charge in [0.15, 0.2) is 17.4 Å². The van der Waals surface area contributed by atoms with Crippen molar-refractivity contribution in [2.75, 3.05) is 0 Å². The van der Waals surface area contributed by atoms with E-state index < -0.39 is 11.6 Å². The Morgan fingerprint density at radius 3 is 2.53 bits per heavy atom. The Hall–Kier alpha value is -4.27. The van der Waals surface area contributed by atoms with E-state index in [1.165, 1.54) is 24.5 Å².